The predicted molar refractivity (Wildman–Crippen MR) is 155 cm³/mol. The maximum absolute atomic E-state index is 6.03. The summed E-state index contributed by atoms with van der Waals surface area (Å²) in [5.74, 6) is 8.03. The summed E-state index contributed by atoms with van der Waals surface area (Å²) in [4.78, 5) is 0. The van der Waals surface area contributed by atoms with E-state index < -0.39 is 0 Å². The number of terminal acetylenes is 2. The Kier molecular flexibility index (Phi) is 9.44. The first-order valence-electron chi connectivity index (χ1n) is 12.7. The molecule has 4 nitrogen and oxygen atoms in total. The van der Waals surface area contributed by atoms with Gasteiger partial charge < -0.3 is 18.9 Å². The highest BCUT2D eigenvalue weighted by Crippen LogP contribution is 2.34. The molecular weight excluding hydrogens is 484 g/mol. The maximum atomic E-state index is 6.03. The van der Waals surface area contributed by atoms with Crippen LogP contribution in [0.25, 0.3) is 0 Å². The second kappa shape index (κ2) is 13.4. The van der Waals surface area contributed by atoms with Crippen molar-refractivity contribution in [2.24, 2.45) is 0 Å². The molecule has 0 aliphatic carbocycles. The van der Waals surface area contributed by atoms with Crippen molar-refractivity contribution < 1.29 is 18.9 Å². The minimum atomic E-state index is -0.197. The molecule has 4 aromatic carbocycles. The van der Waals surface area contributed by atoms with Gasteiger partial charge >= 0.3 is 0 Å². The Morgan fingerprint density at radius 3 is 1.13 bits per heavy atom. The van der Waals surface area contributed by atoms with Crippen LogP contribution in [0, 0.1) is 24.7 Å². The van der Waals surface area contributed by atoms with Crippen LogP contribution in [0.1, 0.15) is 36.1 Å². The molecule has 196 valence electrons. The van der Waals surface area contributed by atoms with Gasteiger partial charge in [-0.3, -0.25) is 0 Å². The molecule has 0 bridgehead atoms. The average Bonchev–Trinajstić information content (AvgIpc) is 2.96. The van der Waals surface area contributed by atoms with Gasteiger partial charge in [-0.05, 0) is 70.8 Å². The van der Waals surface area contributed by atoms with Gasteiger partial charge in [0.25, 0.3) is 0 Å². The molecule has 0 atom stereocenters. The predicted octanol–water partition coefficient (Wildman–Crippen LogP) is 7.90. The molecule has 0 fully saturated rings. The standard InChI is InChI=1S/C35H32O4/c1-5-23-36-25-27-7-15-31(16-8-27)38-33-19-11-29(12-20-33)35(3,4)30-13-21-34(22-14-30)39-32-17-9-28(10-18-32)26-37-24-6-2/h1-2,7-22H,23-26H2,3-4H3. The Balaban J connectivity index is 1.35. The van der Waals surface area contributed by atoms with E-state index in [1.54, 1.807) is 0 Å². The van der Waals surface area contributed by atoms with Crippen LogP contribution in [0.15, 0.2) is 97.1 Å². The summed E-state index contributed by atoms with van der Waals surface area (Å²) in [6, 6.07) is 32.1. The highest BCUT2D eigenvalue weighted by Gasteiger charge is 2.23. The highest BCUT2D eigenvalue weighted by atomic mass is 16.5. The maximum Gasteiger partial charge on any atom is 0.127 e. The largest absolute Gasteiger partial charge is 0.457 e. The Morgan fingerprint density at radius 2 is 0.821 bits per heavy atom. The van der Waals surface area contributed by atoms with Crippen molar-refractivity contribution in [1.29, 1.82) is 0 Å². The lowest BCUT2D eigenvalue weighted by Gasteiger charge is -2.26. The molecule has 0 heterocycles. The quantitative estimate of drug-likeness (QED) is 0.142. The lowest BCUT2D eigenvalue weighted by molar-refractivity contribution is 0.153. The fourth-order valence-electron chi connectivity index (χ4n) is 4.08. The van der Waals surface area contributed by atoms with Crippen LogP contribution in [0.2, 0.25) is 0 Å². The first kappa shape index (κ1) is 27.6. The third-order valence-corrected chi connectivity index (χ3v) is 6.38. The van der Waals surface area contributed by atoms with E-state index in [0.29, 0.717) is 26.4 Å². The lowest BCUT2D eigenvalue weighted by atomic mass is 9.78. The number of hydrogen-bond acceptors (Lipinski definition) is 4. The minimum Gasteiger partial charge on any atom is -0.457 e. The molecule has 0 spiro atoms. The molecule has 4 heteroatoms. The van der Waals surface area contributed by atoms with Crippen LogP contribution in [0.5, 0.6) is 23.0 Å². The molecule has 0 radical (unpaired) electrons. The smallest absolute Gasteiger partial charge is 0.127 e. The number of benzene rings is 4. The molecule has 0 saturated heterocycles. The van der Waals surface area contributed by atoms with E-state index in [1.807, 2.05) is 72.8 Å². The fourth-order valence-corrected chi connectivity index (χ4v) is 4.08. The third kappa shape index (κ3) is 7.76. The van der Waals surface area contributed by atoms with E-state index in [2.05, 4.69) is 50.0 Å². The zero-order chi connectivity index (χ0) is 27.5. The second-order valence-corrected chi connectivity index (χ2v) is 9.56. The van der Waals surface area contributed by atoms with Gasteiger partial charge in [0.2, 0.25) is 0 Å². The molecule has 0 aliphatic rings. The van der Waals surface area contributed by atoms with Crippen LogP contribution in [-0.4, -0.2) is 13.2 Å². The lowest BCUT2D eigenvalue weighted by Crippen LogP contribution is -2.18. The molecule has 0 unspecified atom stereocenters. The Morgan fingerprint density at radius 1 is 0.513 bits per heavy atom. The van der Waals surface area contributed by atoms with Crippen LogP contribution < -0.4 is 9.47 Å². The first-order valence-corrected chi connectivity index (χ1v) is 12.7. The molecule has 0 N–H and O–H groups in total. The van der Waals surface area contributed by atoms with Crippen molar-refractivity contribution >= 4 is 0 Å². The molecule has 0 saturated carbocycles. The topological polar surface area (TPSA) is 36.9 Å². The zero-order valence-electron chi connectivity index (χ0n) is 22.4. The van der Waals surface area contributed by atoms with E-state index in [4.69, 9.17) is 31.8 Å². The second-order valence-electron chi connectivity index (χ2n) is 9.56. The van der Waals surface area contributed by atoms with Gasteiger partial charge in [0.15, 0.2) is 0 Å². The number of hydrogen-bond donors (Lipinski definition) is 0. The van der Waals surface area contributed by atoms with Gasteiger partial charge in [-0.15, -0.1) is 12.8 Å². The normalized spacial score (nSPS) is 10.9. The van der Waals surface area contributed by atoms with E-state index >= 15 is 0 Å². The Hall–Kier alpha value is -4.48. The zero-order valence-corrected chi connectivity index (χ0v) is 22.4. The average molecular weight is 517 g/mol. The summed E-state index contributed by atoms with van der Waals surface area (Å²) in [7, 11) is 0. The van der Waals surface area contributed by atoms with Crippen molar-refractivity contribution in [3.05, 3.63) is 119 Å². The molecule has 0 amide bonds. The number of rotatable bonds is 12. The first-order chi connectivity index (χ1) is 19.0. The van der Waals surface area contributed by atoms with Crippen molar-refractivity contribution in [3.8, 4) is 47.7 Å². The molecule has 4 aromatic rings. The van der Waals surface area contributed by atoms with E-state index in [0.717, 1.165) is 34.1 Å². The van der Waals surface area contributed by atoms with Crippen LogP contribution in [0.4, 0.5) is 0 Å². The van der Waals surface area contributed by atoms with Crippen molar-refractivity contribution in [3.63, 3.8) is 0 Å². The fraction of sp³-hybridized carbons (Fsp3) is 0.200. The van der Waals surface area contributed by atoms with Gasteiger partial charge in [0.05, 0.1) is 13.2 Å². The van der Waals surface area contributed by atoms with E-state index in [-0.39, 0.29) is 5.41 Å². The van der Waals surface area contributed by atoms with Gasteiger partial charge in [-0.1, -0.05) is 74.2 Å². The Bertz CT molecular complexity index is 1290. The summed E-state index contributed by atoms with van der Waals surface area (Å²) in [6.07, 6.45) is 10.4. The molecule has 4 rings (SSSR count). The van der Waals surface area contributed by atoms with Crippen molar-refractivity contribution in [2.45, 2.75) is 32.5 Å². The minimum absolute atomic E-state index is 0.197. The molecule has 39 heavy (non-hydrogen) atoms. The van der Waals surface area contributed by atoms with Gasteiger partial charge in [0.1, 0.15) is 36.2 Å². The summed E-state index contributed by atoms with van der Waals surface area (Å²) in [5.41, 5.74) is 4.27. The highest BCUT2D eigenvalue weighted by molar-refractivity contribution is 5.43. The van der Waals surface area contributed by atoms with E-state index in [1.165, 1.54) is 11.1 Å². The van der Waals surface area contributed by atoms with E-state index in [9.17, 15) is 0 Å². The molecular formula is C35H32O4. The molecule has 0 aromatic heterocycles. The van der Waals surface area contributed by atoms with Crippen molar-refractivity contribution in [1.82, 2.24) is 0 Å². The third-order valence-electron chi connectivity index (χ3n) is 6.38. The summed E-state index contributed by atoms with van der Waals surface area (Å²) in [6.45, 7) is 6.00. The van der Waals surface area contributed by atoms with Crippen LogP contribution >= 0.6 is 0 Å². The monoisotopic (exact) mass is 516 g/mol. The van der Waals surface area contributed by atoms with Gasteiger partial charge in [-0.25, -0.2) is 0 Å². The van der Waals surface area contributed by atoms with Crippen LogP contribution in [0.3, 0.4) is 0 Å². The summed E-state index contributed by atoms with van der Waals surface area (Å²) < 4.78 is 22.8. The molecule has 0 aliphatic heterocycles. The van der Waals surface area contributed by atoms with Gasteiger partial charge in [-0.2, -0.15) is 0 Å². The number of ether oxygens (including phenoxy) is 4. The van der Waals surface area contributed by atoms with Crippen molar-refractivity contribution in [2.75, 3.05) is 13.2 Å². The SMILES string of the molecule is C#CCOCc1ccc(Oc2ccc(C(C)(C)c3ccc(Oc4ccc(COCC#C)cc4)cc3)cc2)cc1. The van der Waals surface area contributed by atoms with Gasteiger partial charge in [0, 0.05) is 5.41 Å². The summed E-state index contributed by atoms with van der Waals surface area (Å²) in [5, 5.41) is 0. The van der Waals surface area contributed by atoms with Crippen LogP contribution in [-0.2, 0) is 28.1 Å². The summed E-state index contributed by atoms with van der Waals surface area (Å²) >= 11 is 0. The Labute approximate surface area is 231 Å².